The third-order valence-corrected chi connectivity index (χ3v) is 8.00. The van der Waals surface area contributed by atoms with Crippen LogP contribution in [-0.4, -0.2) is 45.8 Å². The van der Waals surface area contributed by atoms with Gasteiger partial charge in [-0.25, -0.2) is 8.78 Å². The zero-order valence-electron chi connectivity index (χ0n) is 22.6. The van der Waals surface area contributed by atoms with Crippen LogP contribution in [-0.2, 0) is 17.4 Å². The maximum absolute atomic E-state index is 15.3. The van der Waals surface area contributed by atoms with Crippen molar-refractivity contribution in [3.63, 3.8) is 0 Å². The highest BCUT2D eigenvalue weighted by Crippen LogP contribution is 2.45. The Morgan fingerprint density at radius 1 is 1.20 bits per heavy atom. The molecule has 41 heavy (non-hydrogen) atoms. The van der Waals surface area contributed by atoms with Gasteiger partial charge in [-0.1, -0.05) is 12.6 Å². The van der Waals surface area contributed by atoms with Gasteiger partial charge in [0.05, 0.1) is 29.0 Å². The van der Waals surface area contributed by atoms with E-state index >= 15 is 8.78 Å². The lowest BCUT2D eigenvalue weighted by molar-refractivity contribution is -0.140. The molecule has 2 aromatic carbocycles. The average Bonchev–Trinajstić information content (AvgIpc) is 3.07. The number of piperidine rings is 1. The van der Waals surface area contributed by atoms with Crippen molar-refractivity contribution >= 4 is 34.6 Å². The number of nitrogens with zero attached hydrogens (tertiary/aromatic N) is 4. The standard InChI is InChI=1S/C29H29F5N4O2S/c1-17-28(2,3)38(27(41)37(17)23-10-8-19(16-35)25(26(23)31)29(32,33)34)20-9-7-18(22(30)15-20)5-4-6-24(40)36-13-11-21(39)12-14-36/h7-10,15,21,39H,1,4-6,11-14H2,2-3H3. The van der Waals surface area contributed by atoms with Crippen molar-refractivity contribution in [2.24, 2.45) is 0 Å². The number of benzene rings is 2. The molecule has 6 nitrogen and oxygen atoms in total. The number of amides is 1. The van der Waals surface area contributed by atoms with Crippen molar-refractivity contribution in [1.82, 2.24) is 4.90 Å². The Labute approximate surface area is 240 Å². The van der Waals surface area contributed by atoms with E-state index in [9.17, 15) is 23.1 Å². The Bertz CT molecular complexity index is 1430. The lowest BCUT2D eigenvalue weighted by Gasteiger charge is -2.31. The molecule has 2 aromatic rings. The molecule has 0 radical (unpaired) electrons. The van der Waals surface area contributed by atoms with Crippen molar-refractivity contribution in [1.29, 1.82) is 5.26 Å². The molecule has 0 atom stereocenters. The van der Waals surface area contributed by atoms with Crippen LogP contribution in [0.25, 0.3) is 0 Å². The molecular weight excluding hydrogens is 563 g/mol. The molecule has 2 aliphatic heterocycles. The number of alkyl halides is 3. The van der Waals surface area contributed by atoms with Gasteiger partial charge in [0.25, 0.3) is 0 Å². The first kappa shape index (κ1) is 30.4. The number of aliphatic hydroxyl groups excluding tert-OH is 1. The maximum Gasteiger partial charge on any atom is 0.420 e. The zero-order valence-corrected chi connectivity index (χ0v) is 23.4. The Balaban J connectivity index is 1.54. The van der Waals surface area contributed by atoms with Crippen LogP contribution in [0.2, 0.25) is 0 Å². The molecule has 2 heterocycles. The van der Waals surface area contributed by atoms with Crippen molar-refractivity contribution in [3.8, 4) is 6.07 Å². The quantitative estimate of drug-likeness (QED) is 0.325. The first-order chi connectivity index (χ1) is 19.2. The summed E-state index contributed by atoms with van der Waals surface area (Å²) in [6.07, 6.45) is -3.45. The summed E-state index contributed by atoms with van der Waals surface area (Å²) < 4.78 is 71.4. The van der Waals surface area contributed by atoms with E-state index in [-0.39, 0.29) is 34.9 Å². The van der Waals surface area contributed by atoms with E-state index in [1.165, 1.54) is 17.0 Å². The Hall–Kier alpha value is -3.56. The normalized spacial score (nSPS) is 17.8. The third-order valence-electron chi connectivity index (χ3n) is 7.63. The summed E-state index contributed by atoms with van der Waals surface area (Å²) in [5, 5.41) is 18.6. The van der Waals surface area contributed by atoms with Crippen molar-refractivity contribution in [2.45, 2.75) is 63.8 Å². The molecule has 2 fully saturated rings. The van der Waals surface area contributed by atoms with Gasteiger partial charge in [-0.15, -0.1) is 0 Å². The van der Waals surface area contributed by atoms with Crippen LogP contribution in [0.5, 0.6) is 0 Å². The van der Waals surface area contributed by atoms with E-state index in [1.54, 1.807) is 30.9 Å². The molecule has 1 N–H and O–H groups in total. The number of rotatable bonds is 6. The maximum atomic E-state index is 15.3. The average molecular weight is 593 g/mol. The highest BCUT2D eigenvalue weighted by molar-refractivity contribution is 7.80. The number of thiocarbonyl (C=S) groups is 1. The van der Waals surface area contributed by atoms with Gasteiger partial charge < -0.3 is 14.9 Å². The Morgan fingerprint density at radius 3 is 2.44 bits per heavy atom. The Morgan fingerprint density at radius 2 is 1.85 bits per heavy atom. The largest absolute Gasteiger partial charge is 0.420 e. The van der Waals surface area contributed by atoms with Gasteiger partial charge in [-0.2, -0.15) is 18.4 Å². The summed E-state index contributed by atoms with van der Waals surface area (Å²) in [7, 11) is 0. The summed E-state index contributed by atoms with van der Waals surface area (Å²) in [5.41, 5.74) is -3.33. The predicted octanol–water partition coefficient (Wildman–Crippen LogP) is 6.07. The number of halogens is 5. The highest BCUT2D eigenvalue weighted by Gasteiger charge is 2.48. The summed E-state index contributed by atoms with van der Waals surface area (Å²) in [6, 6.07) is 7.68. The molecule has 0 bridgehead atoms. The predicted molar refractivity (Wildman–Crippen MR) is 148 cm³/mol. The van der Waals surface area contributed by atoms with Gasteiger partial charge in [0.15, 0.2) is 10.9 Å². The molecule has 12 heteroatoms. The van der Waals surface area contributed by atoms with E-state index < -0.39 is 40.2 Å². The lowest BCUT2D eigenvalue weighted by Crippen LogP contribution is -2.41. The molecule has 0 spiro atoms. The molecule has 0 unspecified atom stereocenters. The second kappa shape index (κ2) is 11.4. The lowest BCUT2D eigenvalue weighted by atomic mass is 9.99. The summed E-state index contributed by atoms with van der Waals surface area (Å²) in [4.78, 5) is 16.7. The summed E-state index contributed by atoms with van der Waals surface area (Å²) in [6.45, 7) is 8.29. The minimum atomic E-state index is -5.12. The number of aryl methyl sites for hydroxylation is 1. The molecule has 0 aromatic heterocycles. The van der Waals surface area contributed by atoms with Crippen LogP contribution in [0, 0.1) is 23.0 Å². The van der Waals surface area contributed by atoms with E-state index in [1.807, 2.05) is 0 Å². The number of hydrogen-bond acceptors (Lipinski definition) is 4. The van der Waals surface area contributed by atoms with Crippen molar-refractivity contribution in [3.05, 3.63) is 70.9 Å². The minimum absolute atomic E-state index is 0.0413. The molecule has 218 valence electrons. The molecule has 0 saturated carbocycles. The third kappa shape index (κ3) is 5.78. The molecule has 2 aliphatic rings. The monoisotopic (exact) mass is 592 g/mol. The molecule has 2 saturated heterocycles. The molecular formula is C29H29F5N4O2S. The number of likely N-dealkylation sites (tertiary alicyclic amines) is 1. The SMILES string of the molecule is C=C1N(c2ccc(C#N)c(C(F)(F)F)c2F)C(=S)N(c2ccc(CCCC(=O)N3CCC(O)CC3)c(F)c2)C1(C)C. The molecule has 1 amide bonds. The minimum Gasteiger partial charge on any atom is -0.393 e. The number of hydrogen-bond donors (Lipinski definition) is 1. The summed E-state index contributed by atoms with van der Waals surface area (Å²) >= 11 is 5.55. The van der Waals surface area contributed by atoms with Gasteiger partial charge in [0.2, 0.25) is 5.91 Å². The highest BCUT2D eigenvalue weighted by atomic mass is 32.1. The second-order valence-corrected chi connectivity index (χ2v) is 11.0. The second-order valence-electron chi connectivity index (χ2n) is 10.6. The van der Waals surface area contributed by atoms with Gasteiger partial charge >= 0.3 is 6.18 Å². The molecule has 0 aliphatic carbocycles. The number of anilines is 2. The summed E-state index contributed by atoms with van der Waals surface area (Å²) in [5.74, 6) is -2.25. The van der Waals surface area contributed by atoms with E-state index in [4.69, 9.17) is 17.5 Å². The fourth-order valence-electron chi connectivity index (χ4n) is 5.23. The van der Waals surface area contributed by atoms with E-state index in [2.05, 4.69) is 6.58 Å². The van der Waals surface area contributed by atoms with Crippen LogP contribution in [0.3, 0.4) is 0 Å². The van der Waals surface area contributed by atoms with Crippen molar-refractivity contribution < 1.29 is 31.9 Å². The van der Waals surface area contributed by atoms with Crippen LogP contribution in [0.4, 0.5) is 33.3 Å². The number of carbonyl (C=O) groups excluding carboxylic acids is 1. The zero-order chi connectivity index (χ0) is 30.3. The smallest absolute Gasteiger partial charge is 0.393 e. The van der Waals surface area contributed by atoms with Gasteiger partial charge in [0.1, 0.15) is 11.4 Å². The van der Waals surface area contributed by atoms with Gasteiger partial charge in [0, 0.05) is 30.9 Å². The van der Waals surface area contributed by atoms with E-state index in [0.717, 1.165) is 17.0 Å². The van der Waals surface area contributed by atoms with Crippen LogP contribution >= 0.6 is 12.2 Å². The molecule has 4 rings (SSSR count). The van der Waals surface area contributed by atoms with Crippen molar-refractivity contribution in [2.75, 3.05) is 22.9 Å². The van der Waals surface area contributed by atoms with Gasteiger partial charge in [-0.3, -0.25) is 9.69 Å². The first-order valence-corrected chi connectivity index (χ1v) is 13.5. The van der Waals surface area contributed by atoms with Crippen LogP contribution < -0.4 is 9.80 Å². The number of nitriles is 1. The van der Waals surface area contributed by atoms with Gasteiger partial charge in [-0.05, 0) is 81.6 Å². The Kier molecular flexibility index (Phi) is 8.43. The first-order valence-electron chi connectivity index (χ1n) is 13.1. The number of carbonyl (C=O) groups is 1. The topological polar surface area (TPSA) is 70.8 Å². The van der Waals surface area contributed by atoms with Crippen LogP contribution in [0.15, 0.2) is 42.6 Å². The fraction of sp³-hybridized carbons (Fsp3) is 0.414. The van der Waals surface area contributed by atoms with E-state index in [0.29, 0.717) is 44.3 Å². The fourth-order valence-corrected chi connectivity index (χ4v) is 5.77. The van der Waals surface area contributed by atoms with Crippen LogP contribution in [0.1, 0.15) is 56.2 Å². The number of aliphatic hydroxyl groups is 1.